The molecule has 27 heavy (non-hydrogen) atoms. The number of nitrogens with zero attached hydrogens (tertiary/aromatic N) is 1. The Morgan fingerprint density at radius 2 is 1.78 bits per heavy atom. The number of benzene rings is 1. The molecule has 152 valence electrons. The predicted molar refractivity (Wildman–Crippen MR) is 102 cm³/mol. The summed E-state index contributed by atoms with van der Waals surface area (Å²) in [4.78, 5) is 2.52. The van der Waals surface area contributed by atoms with Crippen molar-refractivity contribution < 1.29 is 21.6 Å². The van der Waals surface area contributed by atoms with Gasteiger partial charge < -0.3 is 0 Å². The van der Waals surface area contributed by atoms with Gasteiger partial charge in [-0.05, 0) is 61.7 Å². The molecule has 2 fully saturated rings. The maximum Gasteiger partial charge on any atom is 0.416 e. The monoisotopic (exact) mass is 422 g/mol. The second kappa shape index (κ2) is 8.71. The molecule has 0 saturated carbocycles. The van der Waals surface area contributed by atoms with Gasteiger partial charge in [0.05, 0.1) is 11.3 Å². The number of hydrogen-bond donors (Lipinski definition) is 1. The second-order valence-electron chi connectivity index (χ2n) is 7.30. The number of halogens is 3. The van der Waals surface area contributed by atoms with Crippen LogP contribution in [-0.2, 0) is 22.0 Å². The summed E-state index contributed by atoms with van der Waals surface area (Å²) in [5, 5.41) is 0. The maximum absolute atomic E-state index is 12.6. The van der Waals surface area contributed by atoms with E-state index in [0.717, 1.165) is 38.1 Å². The molecule has 1 aromatic rings. The normalized spacial score (nSPS) is 23.0. The number of sulfonamides is 1. The lowest BCUT2D eigenvalue weighted by molar-refractivity contribution is -0.137. The largest absolute Gasteiger partial charge is 0.416 e. The Balaban J connectivity index is 1.45. The van der Waals surface area contributed by atoms with E-state index in [-0.39, 0.29) is 5.75 Å². The Hall–Kier alpha value is -0.770. The second-order valence-corrected chi connectivity index (χ2v) is 10.3. The van der Waals surface area contributed by atoms with Crippen molar-refractivity contribution in [1.82, 2.24) is 9.62 Å². The molecule has 1 aromatic carbocycles. The molecule has 2 saturated heterocycles. The van der Waals surface area contributed by atoms with Crippen LogP contribution in [0.5, 0.6) is 0 Å². The van der Waals surface area contributed by atoms with Gasteiger partial charge in [-0.15, -0.1) is 0 Å². The quantitative estimate of drug-likeness (QED) is 0.764. The lowest BCUT2D eigenvalue weighted by atomic mass is 9.96. The molecule has 2 aliphatic heterocycles. The lowest BCUT2D eigenvalue weighted by Crippen LogP contribution is -2.43. The van der Waals surface area contributed by atoms with Crippen LogP contribution in [-0.4, -0.2) is 50.5 Å². The van der Waals surface area contributed by atoms with Crippen LogP contribution in [0.1, 0.15) is 30.4 Å². The number of thioether (sulfide) groups is 1. The summed E-state index contributed by atoms with van der Waals surface area (Å²) in [5.74, 6) is 2.44. The molecular formula is C18H25F3N2O2S2. The molecule has 0 bridgehead atoms. The third kappa shape index (κ3) is 6.10. The summed E-state index contributed by atoms with van der Waals surface area (Å²) in [6, 6.07) is 4.96. The van der Waals surface area contributed by atoms with Gasteiger partial charge in [0.2, 0.25) is 10.0 Å². The van der Waals surface area contributed by atoms with Crippen LogP contribution in [0.25, 0.3) is 0 Å². The first-order chi connectivity index (χ1) is 12.7. The van der Waals surface area contributed by atoms with Crippen LogP contribution in [0.3, 0.4) is 0 Å². The summed E-state index contributed by atoms with van der Waals surface area (Å²) in [5.41, 5.74) is -0.423. The van der Waals surface area contributed by atoms with Gasteiger partial charge in [-0.3, -0.25) is 4.90 Å². The smallest absolute Gasteiger partial charge is 0.300 e. The summed E-state index contributed by atoms with van der Waals surface area (Å²) in [6.07, 6.45) is -1.22. The van der Waals surface area contributed by atoms with E-state index in [4.69, 9.17) is 0 Å². The molecule has 4 nitrogen and oxygen atoms in total. The fraction of sp³-hybridized carbons (Fsp3) is 0.667. The molecule has 1 atom stereocenters. The Morgan fingerprint density at radius 1 is 1.11 bits per heavy atom. The standard InChI is InChI=1S/C18H25F3N2O2S2/c19-18(20,21)16-3-1-15(2-4-16)13-27(24,25)22-11-14-5-8-23(9-6-14)17-7-10-26-12-17/h1-4,14,17,22H,5-13H2/t17-/m0/s1. The van der Waals surface area contributed by atoms with E-state index in [1.165, 1.54) is 30.1 Å². The molecule has 9 heteroatoms. The highest BCUT2D eigenvalue weighted by atomic mass is 32.2. The number of alkyl halides is 3. The minimum Gasteiger partial charge on any atom is -0.300 e. The lowest BCUT2D eigenvalue weighted by Gasteiger charge is -2.35. The molecule has 0 amide bonds. The fourth-order valence-electron chi connectivity index (χ4n) is 3.64. The average Bonchev–Trinajstić information content (AvgIpc) is 3.14. The van der Waals surface area contributed by atoms with Gasteiger partial charge in [0.25, 0.3) is 0 Å². The number of nitrogens with one attached hydrogen (secondary N) is 1. The van der Waals surface area contributed by atoms with Crippen molar-refractivity contribution >= 4 is 21.8 Å². The van der Waals surface area contributed by atoms with Gasteiger partial charge in [-0.2, -0.15) is 24.9 Å². The Labute approximate surface area is 162 Å². The van der Waals surface area contributed by atoms with Crippen LogP contribution in [0.4, 0.5) is 13.2 Å². The van der Waals surface area contributed by atoms with Gasteiger partial charge >= 0.3 is 6.18 Å². The van der Waals surface area contributed by atoms with Gasteiger partial charge in [-0.25, -0.2) is 13.1 Å². The van der Waals surface area contributed by atoms with Gasteiger partial charge in [0, 0.05) is 18.3 Å². The highest BCUT2D eigenvalue weighted by molar-refractivity contribution is 7.99. The molecule has 3 rings (SSSR count). The molecule has 2 aliphatic rings. The minimum absolute atomic E-state index is 0.302. The molecule has 1 N–H and O–H groups in total. The number of rotatable bonds is 6. The van der Waals surface area contributed by atoms with Crippen LogP contribution >= 0.6 is 11.8 Å². The summed E-state index contributed by atoms with van der Waals surface area (Å²) >= 11 is 2.00. The zero-order valence-electron chi connectivity index (χ0n) is 15.0. The van der Waals surface area contributed by atoms with Crippen molar-refractivity contribution in [3.05, 3.63) is 35.4 Å². The first-order valence-corrected chi connectivity index (χ1v) is 12.0. The van der Waals surface area contributed by atoms with Crippen molar-refractivity contribution in [3.63, 3.8) is 0 Å². The number of hydrogen-bond acceptors (Lipinski definition) is 4. The number of likely N-dealkylation sites (tertiary alicyclic amines) is 1. The fourth-order valence-corrected chi connectivity index (χ4v) is 6.12. The van der Waals surface area contributed by atoms with Crippen molar-refractivity contribution in [1.29, 1.82) is 0 Å². The SMILES string of the molecule is O=S(=O)(Cc1ccc(C(F)(F)F)cc1)NCC1CCN([C@H]2CCSC2)CC1. The maximum atomic E-state index is 12.6. The molecular weight excluding hydrogens is 397 g/mol. The van der Waals surface area contributed by atoms with E-state index in [0.29, 0.717) is 24.1 Å². The minimum atomic E-state index is -4.41. The van der Waals surface area contributed by atoms with E-state index in [2.05, 4.69) is 9.62 Å². The Morgan fingerprint density at radius 3 is 2.33 bits per heavy atom. The first kappa shape index (κ1) is 21.0. The van der Waals surface area contributed by atoms with Crippen LogP contribution in [0, 0.1) is 5.92 Å². The van der Waals surface area contributed by atoms with Gasteiger partial charge in [0.1, 0.15) is 0 Å². The first-order valence-electron chi connectivity index (χ1n) is 9.18. The zero-order valence-corrected chi connectivity index (χ0v) is 16.7. The van der Waals surface area contributed by atoms with Crippen molar-refractivity contribution in [2.75, 3.05) is 31.1 Å². The van der Waals surface area contributed by atoms with E-state index >= 15 is 0 Å². The van der Waals surface area contributed by atoms with Crippen LogP contribution < -0.4 is 4.72 Å². The third-order valence-corrected chi connectivity index (χ3v) is 7.77. The topological polar surface area (TPSA) is 49.4 Å². The molecule has 0 spiro atoms. The van der Waals surface area contributed by atoms with E-state index in [9.17, 15) is 21.6 Å². The van der Waals surface area contributed by atoms with Crippen molar-refractivity contribution in [2.45, 2.75) is 37.2 Å². The average molecular weight is 423 g/mol. The predicted octanol–water partition coefficient (Wildman–Crippen LogP) is 3.34. The summed E-state index contributed by atoms with van der Waals surface area (Å²) in [7, 11) is -3.56. The highest BCUT2D eigenvalue weighted by Gasteiger charge is 2.30. The Bertz CT molecular complexity index is 709. The summed E-state index contributed by atoms with van der Waals surface area (Å²) in [6.45, 7) is 2.42. The van der Waals surface area contributed by atoms with Crippen molar-refractivity contribution in [2.24, 2.45) is 5.92 Å². The van der Waals surface area contributed by atoms with Gasteiger partial charge in [-0.1, -0.05) is 12.1 Å². The van der Waals surface area contributed by atoms with Crippen LogP contribution in [0.2, 0.25) is 0 Å². The summed E-state index contributed by atoms with van der Waals surface area (Å²) < 4.78 is 64.9. The Kier molecular flexibility index (Phi) is 6.76. The van der Waals surface area contributed by atoms with E-state index in [1.54, 1.807) is 0 Å². The molecule has 0 aromatic heterocycles. The van der Waals surface area contributed by atoms with E-state index in [1.807, 2.05) is 11.8 Å². The molecule has 0 aliphatic carbocycles. The molecule has 0 unspecified atom stereocenters. The molecule has 2 heterocycles. The number of piperidine rings is 1. The van der Waals surface area contributed by atoms with Crippen molar-refractivity contribution in [3.8, 4) is 0 Å². The van der Waals surface area contributed by atoms with E-state index < -0.39 is 21.8 Å². The highest BCUT2D eigenvalue weighted by Crippen LogP contribution is 2.29. The van der Waals surface area contributed by atoms with Crippen LogP contribution in [0.15, 0.2) is 24.3 Å². The van der Waals surface area contributed by atoms with Gasteiger partial charge in [0.15, 0.2) is 0 Å². The molecule has 0 radical (unpaired) electrons. The third-order valence-electron chi connectivity index (χ3n) is 5.30. The zero-order chi connectivity index (χ0) is 19.5.